The summed E-state index contributed by atoms with van der Waals surface area (Å²) >= 11 is 0. The third kappa shape index (κ3) is 3.97. The lowest BCUT2D eigenvalue weighted by atomic mass is 10.1. The van der Waals surface area contributed by atoms with Crippen molar-refractivity contribution in [3.8, 4) is 0 Å². The summed E-state index contributed by atoms with van der Waals surface area (Å²) < 4.78 is 1.83. The Kier molecular flexibility index (Phi) is 4.99. The molecule has 1 heterocycles. The number of benzene rings is 1. The van der Waals surface area contributed by atoms with Gasteiger partial charge in [-0.2, -0.15) is 0 Å². The molecule has 1 aromatic carbocycles. The van der Waals surface area contributed by atoms with E-state index >= 15 is 0 Å². The van der Waals surface area contributed by atoms with Crippen molar-refractivity contribution in [3.63, 3.8) is 0 Å². The van der Waals surface area contributed by atoms with E-state index in [1.807, 2.05) is 49.9 Å². The summed E-state index contributed by atoms with van der Waals surface area (Å²) in [5.74, 6) is -0.218. The zero-order valence-corrected chi connectivity index (χ0v) is 13.0. The summed E-state index contributed by atoms with van der Waals surface area (Å²) in [6, 6.07) is 10.4. The molecule has 0 saturated heterocycles. The van der Waals surface area contributed by atoms with Crippen molar-refractivity contribution >= 4 is 17.5 Å². The highest BCUT2D eigenvalue weighted by Crippen LogP contribution is 2.13. The average Bonchev–Trinajstić information content (AvgIpc) is 3.00. The van der Waals surface area contributed by atoms with Gasteiger partial charge in [0.25, 0.3) is 5.91 Å². The van der Waals surface area contributed by atoms with Crippen molar-refractivity contribution in [2.75, 3.05) is 5.32 Å². The molecule has 116 valence electrons. The number of anilines is 1. The molecule has 2 aromatic rings. The van der Waals surface area contributed by atoms with Crippen LogP contribution in [0.25, 0.3) is 0 Å². The van der Waals surface area contributed by atoms with Gasteiger partial charge in [-0.3, -0.25) is 9.59 Å². The molecule has 2 amide bonds. The van der Waals surface area contributed by atoms with Crippen LogP contribution in [0.3, 0.4) is 0 Å². The van der Waals surface area contributed by atoms with Crippen molar-refractivity contribution in [2.45, 2.75) is 32.9 Å². The van der Waals surface area contributed by atoms with E-state index in [0.717, 1.165) is 0 Å². The number of rotatable bonds is 5. The largest absolute Gasteiger partial charge is 0.350 e. The number of amides is 2. The Balaban J connectivity index is 1.99. The number of hydrogen-bond acceptors (Lipinski definition) is 2. The standard InChI is InChI=1S/C17H21N3O2/c1-12(2)18-17(22)14-6-8-15(9-7-14)19-16(21)13(3)20-10-4-5-11-20/h4-13H,1-3H3,(H,18,22)(H,19,21). The molecule has 5 nitrogen and oxygen atoms in total. The van der Waals surface area contributed by atoms with Crippen LogP contribution in [0.5, 0.6) is 0 Å². The number of nitrogens with one attached hydrogen (secondary N) is 2. The molecular formula is C17H21N3O2. The smallest absolute Gasteiger partial charge is 0.251 e. The second-order valence-electron chi connectivity index (χ2n) is 5.50. The Morgan fingerprint density at radius 2 is 1.59 bits per heavy atom. The monoisotopic (exact) mass is 299 g/mol. The van der Waals surface area contributed by atoms with E-state index in [4.69, 9.17) is 0 Å². The van der Waals surface area contributed by atoms with Gasteiger partial charge in [-0.25, -0.2) is 0 Å². The van der Waals surface area contributed by atoms with Gasteiger partial charge in [0.1, 0.15) is 6.04 Å². The minimum absolute atomic E-state index is 0.0919. The van der Waals surface area contributed by atoms with E-state index in [2.05, 4.69) is 10.6 Å². The van der Waals surface area contributed by atoms with E-state index in [9.17, 15) is 9.59 Å². The molecule has 0 aliphatic carbocycles. The highest BCUT2D eigenvalue weighted by Gasteiger charge is 2.14. The topological polar surface area (TPSA) is 63.1 Å². The fraction of sp³-hybridized carbons (Fsp3) is 0.294. The fourth-order valence-corrected chi connectivity index (χ4v) is 2.04. The molecular weight excluding hydrogens is 278 g/mol. The van der Waals surface area contributed by atoms with Gasteiger partial charge in [-0.1, -0.05) is 0 Å². The molecule has 2 rings (SSSR count). The number of nitrogens with zero attached hydrogens (tertiary/aromatic N) is 1. The number of hydrogen-bond donors (Lipinski definition) is 2. The van der Waals surface area contributed by atoms with E-state index in [1.54, 1.807) is 24.3 Å². The van der Waals surface area contributed by atoms with Crippen LogP contribution < -0.4 is 10.6 Å². The lowest BCUT2D eigenvalue weighted by Crippen LogP contribution is -2.30. The molecule has 0 radical (unpaired) electrons. The molecule has 1 atom stereocenters. The quantitative estimate of drug-likeness (QED) is 0.891. The van der Waals surface area contributed by atoms with Gasteiger partial charge in [-0.05, 0) is 57.2 Å². The van der Waals surface area contributed by atoms with Crippen molar-refractivity contribution in [2.24, 2.45) is 0 Å². The molecule has 0 spiro atoms. The summed E-state index contributed by atoms with van der Waals surface area (Å²) in [5, 5.41) is 5.67. The Hall–Kier alpha value is -2.56. The van der Waals surface area contributed by atoms with Gasteiger partial charge in [0.2, 0.25) is 5.91 Å². The highest BCUT2D eigenvalue weighted by molar-refractivity contribution is 5.96. The molecule has 0 aliphatic rings. The van der Waals surface area contributed by atoms with Gasteiger partial charge >= 0.3 is 0 Å². The van der Waals surface area contributed by atoms with Crippen LogP contribution in [0, 0.1) is 0 Å². The SMILES string of the molecule is CC(C)NC(=O)c1ccc(NC(=O)C(C)n2cccc2)cc1. The Morgan fingerprint density at radius 3 is 2.14 bits per heavy atom. The van der Waals surface area contributed by atoms with Crippen molar-refractivity contribution < 1.29 is 9.59 Å². The third-order valence-electron chi connectivity index (χ3n) is 3.29. The van der Waals surface area contributed by atoms with E-state index in [0.29, 0.717) is 11.3 Å². The van der Waals surface area contributed by atoms with Crippen LogP contribution >= 0.6 is 0 Å². The number of carbonyl (C=O) groups excluding carboxylic acids is 2. The molecule has 0 aliphatic heterocycles. The molecule has 0 fully saturated rings. The Bertz CT molecular complexity index is 630. The first-order valence-electron chi connectivity index (χ1n) is 7.31. The van der Waals surface area contributed by atoms with Crippen LogP contribution in [0.15, 0.2) is 48.8 Å². The minimum Gasteiger partial charge on any atom is -0.350 e. The highest BCUT2D eigenvalue weighted by atomic mass is 16.2. The molecule has 22 heavy (non-hydrogen) atoms. The first-order chi connectivity index (χ1) is 10.5. The maximum Gasteiger partial charge on any atom is 0.251 e. The Labute approximate surface area is 130 Å². The van der Waals surface area contributed by atoms with E-state index in [-0.39, 0.29) is 23.9 Å². The lowest BCUT2D eigenvalue weighted by Gasteiger charge is -2.14. The van der Waals surface area contributed by atoms with E-state index < -0.39 is 0 Å². The first-order valence-corrected chi connectivity index (χ1v) is 7.31. The van der Waals surface area contributed by atoms with Gasteiger partial charge in [0.15, 0.2) is 0 Å². The normalized spacial score (nSPS) is 12.0. The molecule has 1 aromatic heterocycles. The molecule has 1 unspecified atom stereocenters. The van der Waals surface area contributed by atoms with Crippen molar-refractivity contribution in [1.82, 2.24) is 9.88 Å². The van der Waals surface area contributed by atoms with Gasteiger partial charge in [-0.15, -0.1) is 0 Å². The summed E-state index contributed by atoms with van der Waals surface area (Å²) in [4.78, 5) is 24.0. The predicted molar refractivity (Wildman–Crippen MR) is 86.8 cm³/mol. The first kappa shape index (κ1) is 15.8. The summed E-state index contributed by atoms with van der Waals surface area (Å²) in [6.07, 6.45) is 3.70. The summed E-state index contributed by atoms with van der Waals surface area (Å²) in [6.45, 7) is 5.66. The maximum atomic E-state index is 12.2. The average molecular weight is 299 g/mol. The summed E-state index contributed by atoms with van der Waals surface area (Å²) in [7, 11) is 0. The minimum atomic E-state index is -0.293. The second-order valence-corrected chi connectivity index (χ2v) is 5.50. The second kappa shape index (κ2) is 6.93. The molecule has 0 bridgehead atoms. The van der Waals surface area contributed by atoms with Gasteiger partial charge in [0.05, 0.1) is 0 Å². The van der Waals surface area contributed by atoms with Crippen LogP contribution in [0.4, 0.5) is 5.69 Å². The number of carbonyl (C=O) groups is 2. The molecule has 2 N–H and O–H groups in total. The molecule has 0 saturated carbocycles. The maximum absolute atomic E-state index is 12.2. The zero-order chi connectivity index (χ0) is 16.1. The molecule has 5 heteroatoms. The summed E-state index contributed by atoms with van der Waals surface area (Å²) in [5.41, 5.74) is 1.25. The van der Waals surface area contributed by atoms with Crippen molar-refractivity contribution in [1.29, 1.82) is 0 Å². The number of aromatic nitrogens is 1. The van der Waals surface area contributed by atoms with Crippen LogP contribution in [-0.2, 0) is 4.79 Å². The third-order valence-corrected chi connectivity index (χ3v) is 3.29. The predicted octanol–water partition coefficient (Wildman–Crippen LogP) is 2.83. The van der Waals surface area contributed by atoms with Crippen LogP contribution in [0.1, 0.15) is 37.2 Å². The van der Waals surface area contributed by atoms with Crippen LogP contribution in [0.2, 0.25) is 0 Å². The van der Waals surface area contributed by atoms with Crippen LogP contribution in [-0.4, -0.2) is 22.4 Å². The Morgan fingerprint density at radius 1 is 1.00 bits per heavy atom. The fourth-order valence-electron chi connectivity index (χ4n) is 2.04. The zero-order valence-electron chi connectivity index (χ0n) is 13.0. The lowest BCUT2D eigenvalue weighted by molar-refractivity contribution is -0.118. The van der Waals surface area contributed by atoms with Crippen molar-refractivity contribution in [3.05, 3.63) is 54.4 Å². The van der Waals surface area contributed by atoms with Gasteiger partial charge < -0.3 is 15.2 Å². The van der Waals surface area contributed by atoms with E-state index in [1.165, 1.54) is 0 Å². The van der Waals surface area contributed by atoms with Gasteiger partial charge in [0, 0.05) is 29.7 Å².